The van der Waals surface area contributed by atoms with Gasteiger partial charge in [0.1, 0.15) is 5.76 Å². The van der Waals surface area contributed by atoms with Crippen molar-refractivity contribution in [3.63, 3.8) is 0 Å². The Morgan fingerprint density at radius 2 is 1.94 bits per heavy atom. The summed E-state index contributed by atoms with van der Waals surface area (Å²) in [5, 5.41) is 5.52. The molecule has 1 N–H and O–H groups in total. The first-order chi connectivity index (χ1) is 7.58. The van der Waals surface area contributed by atoms with Crippen molar-refractivity contribution in [3.8, 4) is 0 Å². The van der Waals surface area contributed by atoms with E-state index in [1.807, 2.05) is 13.8 Å². The van der Waals surface area contributed by atoms with Gasteiger partial charge in [0.25, 0.3) is 5.56 Å². The van der Waals surface area contributed by atoms with E-state index in [1.165, 1.54) is 6.07 Å². The fraction of sp³-hybridized carbons (Fsp3) is 0.500. The molecular formula is C10H16N2O4. The van der Waals surface area contributed by atoms with E-state index in [0.717, 1.165) is 5.71 Å². The first-order valence-electron chi connectivity index (χ1n) is 4.96. The van der Waals surface area contributed by atoms with Gasteiger partial charge in [0.05, 0.1) is 12.1 Å². The summed E-state index contributed by atoms with van der Waals surface area (Å²) in [6.07, 6.45) is 0.361. The molecule has 0 spiro atoms. The zero-order valence-electron chi connectivity index (χ0n) is 9.86. The lowest BCUT2D eigenvalue weighted by Crippen LogP contribution is -1.92. The highest BCUT2D eigenvalue weighted by Crippen LogP contribution is 1.99. The van der Waals surface area contributed by atoms with Crippen molar-refractivity contribution in [1.29, 1.82) is 0 Å². The monoisotopic (exact) mass is 228 g/mol. The second-order valence-corrected chi connectivity index (χ2v) is 2.79. The second kappa shape index (κ2) is 7.44. The molecule has 1 aromatic heterocycles. The topological polar surface area (TPSA) is 84.7 Å². The van der Waals surface area contributed by atoms with E-state index in [2.05, 4.69) is 19.7 Å². The van der Waals surface area contributed by atoms with Gasteiger partial charge in [0.15, 0.2) is 0 Å². The lowest BCUT2D eigenvalue weighted by Gasteiger charge is -1.75. The molecule has 0 saturated heterocycles. The van der Waals surface area contributed by atoms with Crippen molar-refractivity contribution in [1.82, 2.24) is 5.16 Å². The van der Waals surface area contributed by atoms with Crippen LogP contribution >= 0.6 is 0 Å². The first kappa shape index (κ1) is 14.2. The summed E-state index contributed by atoms with van der Waals surface area (Å²) in [5.74, 6) is 0.363. The minimum atomic E-state index is -0.252. The van der Waals surface area contributed by atoms with E-state index in [0.29, 0.717) is 12.2 Å². The molecule has 2 rings (SSSR count). The molecule has 90 valence electrons. The predicted octanol–water partition coefficient (Wildman–Crippen LogP) is 1.61. The van der Waals surface area contributed by atoms with Crippen LogP contribution in [0, 0.1) is 6.92 Å². The van der Waals surface area contributed by atoms with Gasteiger partial charge < -0.3 is 9.36 Å². The molecule has 0 fully saturated rings. The lowest BCUT2D eigenvalue weighted by atomic mass is 10.3. The molecule has 0 atom stereocenters. The third kappa shape index (κ3) is 5.79. The van der Waals surface area contributed by atoms with Crippen LogP contribution in [0.15, 0.2) is 20.5 Å². The maximum Gasteiger partial charge on any atom is 0.340 e. The summed E-state index contributed by atoms with van der Waals surface area (Å²) in [5.41, 5.74) is 0.572. The Morgan fingerprint density at radius 3 is 2.06 bits per heavy atom. The molecule has 0 saturated carbocycles. The number of oxime groups is 1. The molecule has 0 bridgehead atoms. The van der Waals surface area contributed by atoms with E-state index < -0.39 is 0 Å². The number of rotatable bonds is 0. The number of aryl methyl sites for hydroxylation is 1. The first-order valence-corrected chi connectivity index (χ1v) is 4.96. The minimum absolute atomic E-state index is 0.183. The summed E-state index contributed by atoms with van der Waals surface area (Å²) in [6.45, 7) is 7.46. The number of carbonyl (C=O) groups is 1. The molecule has 1 aliphatic heterocycles. The fourth-order valence-electron chi connectivity index (χ4n) is 0.777. The summed E-state index contributed by atoms with van der Waals surface area (Å²) in [7, 11) is 0. The quantitative estimate of drug-likeness (QED) is 0.683. The molecule has 0 unspecified atom stereocenters. The van der Waals surface area contributed by atoms with Crippen LogP contribution in [0.4, 0.5) is 0 Å². The van der Waals surface area contributed by atoms with Crippen LogP contribution < -0.4 is 5.56 Å². The molecule has 6 heteroatoms. The van der Waals surface area contributed by atoms with Crippen LogP contribution in [0.2, 0.25) is 0 Å². The van der Waals surface area contributed by atoms with Gasteiger partial charge in [-0.2, -0.15) is 5.16 Å². The number of carbonyl (C=O) groups excluding carboxylic acids is 1. The highest BCUT2D eigenvalue weighted by atomic mass is 16.7. The average molecular weight is 228 g/mol. The van der Waals surface area contributed by atoms with E-state index in [4.69, 9.17) is 0 Å². The molecule has 0 radical (unpaired) electrons. The lowest BCUT2D eigenvalue weighted by molar-refractivity contribution is -0.140. The van der Waals surface area contributed by atoms with Gasteiger partial charge >= 0.3 is 5.97 Å². The SMILES string of the molecule is CC.CC1=NOC(=O)C1.Cc1cc(=O)[nH]o1. The van der Waals surface area contributed by atoms with E-state index in [1.54, 1.807) is 13.8 Å². The maximum absolute atomic E-state index is 10.1. The van der Waals surface area contributed by atoms with Crippen LogP contribution in [-0.4, -0.2) is 16.8 Å². The number of nitrogens with one attached hydrogen (secondary N) is 1. The van der Waals surface area contributed by atoms with Crippen molar-refractivity contribution in [3.05, 3.63) is 22.2 Å². The molecule has 1 aliphatic rings. The van der Waals surface area contributed by atoms with Crippen LogP contribution in [-0.2, 0) is 9.63 Å². The zero-order chi connectivity index (χ0) is 12.6. The number of hydrogen-bond acceptors (Lipinski definition) is 5. The normalized spacial score (nSPS) is 12.8. The van der Waals surface area contributed by atoms with Gasteiger partial charge in [-0.15, -0.1) is 0 Å². The summed E-state index contributed by atoms with van der Waals surface area (Å²) >= 11 is 0. The molecule has 0 aliphatic carbocycles. The van der Waals surface area contributed by atoms with E-state index in [9.17, 15) is 9.59 Å². The summed E-state index contributed by atoms with van der Waals surface area (Å²) < 4.78 is 4.53. The number of nitrogens with zero attached hydrogens (tertiary/aromatic N) is 1. The molecule has 2 heterocycles. The van der Waals surface area contributed by atoms with Crippen LogP contribution in [0.3, 0.4) is 0 Å². The van der Waals surface area contributed by atoms with Crippen molar-refractivity contribution in [2.24, 2.45) is 5.16 Å². The zero-order valence-corrected chi connectivity index (χ0v) is 9.86. The number of H-pyrrole nitrogens is 1. The standard InChI is InChI=1S/2C4H5NO2.C2H6/c1-3-2-4(6)5-7-3;1-3-2-4(6)7-5-3;1-2/h2H,1H3,(H,5,6);2H2,1H3;1-2H3. The fourth-order valence-corrected chi connectivity index (χ4v) is 0.777. The van der Waals surface area contributed by atoms with Crippen molar-refractivity contribution in [2.45, 2.75) is 34.1 Å². The number of aromatic amines is 1. The molecule has 0 amide bonds. The highest BCUT2D eigenvalue weighted by Gasteiger charge is 2.11. The Labute approximate surface area is 93.2 Å². The Kier molecular flexibility index (Phi) is 6.58. The largest absolute Gasteiger partial charge is 0.384 e. The Bertz CT molecular complexity index is 403. The number of aromatic nitrogens is 1. The van der Waals surface area contributed by atoms with Gasteiger partial charge in [0.2, 0.25) is 0 Å². The highest BCUT2D eigenvalue weighted by molar-refractivity contribution is 6.00. The van der Waals surface area contributed by atoms with Gasteiger partial charge in [-0.25, -0.2) is 4.79 Å². The second-order valence-electron chi connectivity index (χ2n) is 2.79. The van der Waals surface area contributed by atoms with Crippen molar-refractivity contribution in [2.75, 3.05) is 0 Å². The van der Waals surface area contributed by atoms with Gasteiger partial charge in [-0.1, -0.05) is 19.0 Å². The Morgan fingerprint density at radius 1 is 1.31 bits per heavy atom. The molecule has 0 aromatic carbocycles. The maximum atomic E-state index is 10.1. The van der Waals surface area contributed by atoms with Crippen molar-refractivity contribution >= 4 is 11.7 Å². The van der Waals surface area contributed by atoms with Crippen molar-refractivity contribution < 1.29 is 14.2 Å². The predicted molar refractivity (Wildman–Crippen MR) is 59.2 cm³/mol. The van der Waals surface area contributed by atoms with Crippen LogP contribution in [0.5, 0.6) is 0 Å². The van der Waals surface area contributed by atoms with Crippen LogP contribution in [0.25, 0.3) is 0 Å². The minimum Gasteiger partial charge on any atom is -0.384 e. The molecule has 1 aromatic rings. The van der Waals surface area contributed by atoms with Crippen LogP contribution in [0.1, 0.15) is 33.0 Å². The summed E-state index contributed by atoms with van der Waals surface area (Å²) in [4.78, 5) is 24.5. The third-order valence-electron chi connectivity index (χ3n) is 1.35. The Balaban J connectivity index is 0.000000244. The van der Waals surface area contributed by atoms with E-state index in [-0.39, 0.29) is 11.5 Å². The molecule has 16 heavy (non-hydrogen) atoms. The van der Waals surface area contributed by atoms with Gasteiger partial charge in [-0.3, -0.25) is 4.79 Å². The van der Waals surface area contributed by atoms with Gasteiger partial charge in [0, 0.05) is 6.07 Å². The third-order valence-corrected chi connectivity index (χ3v) is 1.35. The Hall–Kier alpha value is -1.85. The van der Waals surface area contributed by atoms with E-state index >= 15 is 0 Å². The number of hydrogen-bond donors (Lipinski definition) is 1. The summed E-state index contributed by atoms with van der Waals surface area (Å²) in [6, 6.07) is 1.39. The van der Waals surface area contributed by atoms with Gasteiger partial charge in [-0.05, 0) is 13.8 Å². The average Bonchev–Trinajstić information content (AvgIpc) is 2.80. The molecule has 6 nitrogen and oxygen atoms in total. The smallest absolute Gasteiger partial charge is 0.340 e. The molecular weight excluding hydrogens is 212 g/mol.